The number of benzene rings is 1. The Balaban J connectivity index is 1.65. The molecule has 1 aliphatic rings. The molecule has 0 bridgehead atoms. The summed E-state index contributed by atoms with van der Waals surface area (Å²) in [6.07, 6.45) is 1.83. The zero-order valence-electron chi connectivity index (χ0n) is 19.9. The van der Waals surface area contributed by atoms with Crippen LogP contribution in [0, 0.1) is 0 Å². The minimum Gasteiger partial charge on any atom is -0.494 e. The van der Waals surface area contributed by atoms with Crippen LogP contribution in [-0.2, 0) is 14.8 Å². The summed E-state index contributed by atoms with van der Waals surface area (Å²) in [5, 5.41) is 0.570. The molecule has 0 saturated carbocycles. The second-order valence-corrected chi connectivity index (χ2v) is 13.4. The van der Waals surface area contributed by atoms with E-state index in [1.165, 1.54) is 21.7 Å². The summed E-state index contributed by atoms with van der Waals surface area (Å²) in [6.45, 7) is 4.04. The van der Waals surface area contributed by atoms with Gasteiger partial charge in [0.1, 0.15) is 16.0 Å². The molecule has 1 amide bonds. The smallest absolute Gasteiger partial charge is 0.253 e. The maximum atomic E-state index is 13.9. The molecule has 35 heavy (non-hydrogen) atoms. The van der Waals surface area contributed by atoms with Crippen molar-refractivity contribution in [2.75, 3.05) is 45.2 Å². The highest BCUT2D eigenvalue weighted by Crippen LogP contribution is 2.36. The number of anilines is 1. The summed E-state index contributed by atoms with van der Waals surface area (Å²) < 4.78 is 35.1. The van der Waals surface area contributed by atoms with Gasteiger partial charge in [-0.25, -0.2) is 13.4 Å². The monoisotopic (exact) mass is 556 g/mol. The van der Waals surface area contributed by atoms with Gasteiger partial charge in [0.15, 0.2) is 5.13 Å². The van der Waals surface area contributed by atoms with Crippen LogP contribution >= 0.6 is 34.3 Å². The predicted octanol–water partition coefficient (Wildman–Crippen LogP) is 4.55. The van der Waals surface area contributed by atoms with Gasteiger partial charge in [-0.2, -0.15) is 4.31 Å². The zero-order valence-corrected chi connectivity index (χ0v) is 23.1. The van der Waals surface area contributed by atoms with E-state index in [1.54, 1.807) is 11.0 Å². The summed E-state index contributed by atoms with van der Waals surface area (Å²) in [7, 11) is 0.145. The number of ether oxygens (including phenoxy) is 1. The standard InChI is InChI=1S/C23H29ClN4O4S3/c1-4-32-16-8-9-17-19(15-16)33-23(25-17)27(13-6-12-26(2)3)22(29)18-7-5-14-28(18)35(30,31)21-11-10-20(24)34-21/h8-11,15,18H,4-7,12-14H2,1-3H3. The Morgan fingerprint density at radius 1 is 1.23 bits per heavy atom. The van der Waals surface area contributed by atoms with Crippen molar-refractivity contribution in [1.82, 2.24) is 14.2 Å². The van der Waals surface area contributed by atoms with Gasteiger partial charge in [-0.1, -0.05) is 22.9 Å². The number of thiazole rings is 1. The molecule has 1 aliphatic heterocycles. The molecule has 1 fully saturated rings. The largest absolute Gasteiger partial charge is 0.494 e. The molecule has 4 rings (SSSR count). The molecular weight excluding hydrogens is 528 g/mol. The Kier molecular flexibility index (Phi) is 8.34. The van der Waals surface area contributed by atoms with Crippen molar-refractivity contribution in [3.8, 4) is 5.75 Å². The van der Waals surface area contributed by atoms with E-state index in [0.29, 0.717) is 42.0 Å². The molecule has 1 aromatic carbocycles. The van der Waals surface area contributed by atoms with E-state index >= 15 is 0 Å². The van der Waals surface area contributed by atoms with E-state index < -0.39 is 16.1 Å². The van der Waals surface area contributed by atoms with Crippen LogP contribution in [0.2, 0.25) is 4.34 Å². The lowest BCUT2D eigenvalue weighted by molar-refractivity contribution is -0.121. The van der Waals surface area contributed by atoms with Gasteiger partial charge >= 0.3 is 0 Å². The third-order valence-electron chi connectivity index (χ3n) is 5.74. The normalized spacial score (nSPS) is 16.9. The third kappa shape index (κ3) is 5.81. The number of amides is 1. The fourth-order valence-corrected chi connectivity index (χ4v) is 8.40. The van der Waals surface area contributed by atoms with E-state index in [4.69, 9.17) is 21.3 Å². The Hall–Kier alpha value is -1.76. The van der Waals surface area contributed by atoms with E-state index in [1.807, 2.05) is 39.2 Å². The summed E-state index contributed by atoms with van der Waals surface area (Å²) in [6, 6.07) is 7.97. The maximum Gasteiger partial charge on any atom is 0.253 e. The molecule has 0 N–H and O–H groups in total. The Morgan fingerprint density at radius 2 is 2.03 bits per heavy atom. The second kappa shape index (κ2) is 11.1. The summed E-state index contributed by atoms with van der Waals surface area (Å²) in [5.74, 6) is 0.514. The molecule has 1 unspecified atom stereocenters. The topological polar surface area (TPSA) is 83.1 Å². The van der Waals surface area contributed by atoms with Crippen molar-refractivity contribution in [2.45, 2.75) is 36.4 Å². The highest BCUT2D eigenvalue weighted by atomic mass is 35.5. The van der Waals surface area contributed by atoms with Crippen LogP contribution in [-0.4, -0.2) is 74.9 Å². The quantitative estimate of drug-likeness (QED) is 0.364. The lowest BCUT2D eigenvalue weighted by Crippen LogP contribution is -2.48. The Morgan fingerprint density at radius 3 is 2.71 bits per heavy atom. The maximum absolute atomic E-state index is 13.9. The van der Waals surface area contributed by atoms with Crippen molar-refractivity contribution in [3.63, 3.8) is 0 Å². The van der Waals surface area contributed by atoms with Gasteiger partial charge in [-0.3, -0.25) is 9.69 Å². The van der Waals surface area contributed by atoms with Crippen molar-refractivity contribution in [1.29, 1.82) is 0 Å². The molecule has 12 heteroatoms. The summed E-state index contributed by atoms with van der Waals surface area (Å²) >= 11 is 8.42. The van der Waals surface area contributed by atoms with Crippen LogP contribution < -0.4 is 9.64 Å². The minimum absolute atomic E-state index is 0.157. The first-order valence-corrected chi connectivity index (χ1v) is 14.9. The van der Waals surface area contributed by atoms with Crippen LogP contribution in [0.1, 0.15) is 26.2 Å². The summed E-state index contributed by atoms with van der Waals surface area (Å²) in [4.78, 5) is 22.3. The lowest BCUT2D eigenvalue weighted by atomic mass is 10.2. The first kappa shape index (κ1) is 26.3. The number of hydrogen-bond donors (Lipinski definition) is 0. The van der Waals surface area contributed by atoms with Crippen LogP contribution in [0.15, 0.2) is 34.5 Å². The fourth-order valence-electron chi connectivity index (χ4n) is 4.12. The molecule has 3 aromatic rings. The van der Waals surface area contributed by atoms with Crippen LogP contribution in [0.25, 0.3) is 10.2 Å². The first-order chi connectivity index (χ1) is 16.7. The lowest BCUT2D eigenvalue weighted by Gasteiger charge is -2.28. The molecule has 0 aliphatic carbocycles. The number of hydrogen-bond acceptors (Lipinski definition) is 8. The highest BCUT2D eigenvalue weighted by molar-refractivity contribution is 7.91. The molecule has 0 spiro atoms. The molecule has 1 atom stereocenters. The van der Waals surface area contributed by atoms with Gasteiger partial charge in [-0.15, -0.1) is 11.3 Å². The van der Waals surface area contributed by atoms with Gasteiger partial charge in [0.2, 0.25) is 5.91 Å². The molecule has 2 aromatic heterocycles. The predicted molar refractivity (Wildman–Crippen MR) is 143 cm³/mol. The second-order valence-electron chi connectivity index (χ2n) is 8.54. The number of nitrogens with zero attached hydrogens (tertiary/aromatic N) is 4. The molecule has 3 heterocycles. The van der Waals surface area contributed by atoms with Gasteiger partial charge in [0.05, 0.1) is 21.2 Å². The molecular formula is C23H29ClN4O4S3. The van der Waals surface area contributed by atoms with Crippen LogP contribution in [0.3, 0.4) is 0 Å². The summed E-state index contributed by atoms with van der Waals surface area (Å²) in [5.41, 5.74) is 0.781. The van der Waals surface area contributed by atoms with Gasteiger partial charge in [0, 0.05) is 13.1 Å². The van der Waals surface area contributed by atoms with Crippen LogP contribution in [0.5, 0.6) is 5.75 Å². The number of carbonyl (C=O) groups is 1. The number of rotatable bonds is 10. The van der Waals surface area contributed by atoms with Crippen molar-refractivity contribution >= 4 is 65.6 Å². The number of aromatic nitrogens is 1. The first-order valence-electron chi connectivity index (χ1n) is 11.5. The average molecular weight is 557 g/mol. The average Bonchev–Trinajstić information content (AvgIpc) is 3.55. The molecule has 8 nitrogen and oxygen atoms in total. The van der Waals surface area contributed by atoms with E-state index in [9.17, 15) is 13.2 Å². The van der Waals surface area contributed by atoms with E-state index in [-0.39, 0.29) is 10.1 Å². The van der Waals surface area contributed by atoms with Gasteiger partial charge in [-0.05, 0) is 77.2 Å². The number of halogens is 1. The van der Waals surface area contributed by atoms with E-state index in [0.717, 1.165) is 40.3 Å². The molecule has 1 saturated heterocycles. The molecule has 0 radical (unpaired) electrons. The number of sulfonamides is 1. The van der Waals surface area contributed by atoms with E-state index in [2.05, 4.69) is 4.90 Å². The number of fused-ring (bicyclic) bond motifs is 1. The third-order valence-corrected chi connectivity index (χ3v) is 10.4. The molecule has 190 valence electrons. The van der Waals surface area contributed by atoms with Crippen molar-refractivity contribution < 1.29 is 17.9 Å². The Labute approximate surface area is 219 Å². The SMILES string of the molecule is CCOc1ccc2nc(N(CCCN(C)C)C(=O)C3CCCN3S(=O)(=O)c3ccc(Cl)s3)sc2c1. The minimum atomic E-state index is -3.82. The Bertz CT molecular complexity index is 1290. The fraction of sp³-hybridized carbons (Fsp3) is 0.478. The highest BCUT2D eigenvalue weighted by Gasteiger charge is 2.42. The van der Waals surface area contributed by atoms with Gasteiger partial charge in [0.25, 0.3) is 10.0 Å². The van der Waals surface area contributed by atoms with Crippen molar-refractivity contribution in [2.24, 2.45) is 0 Å². The number of carbonyl (C=O) groups excluding carboxylic acids is 1. The van der Waals surface area contributed by atoms with Crippen LogP contribution in [0.4, 0.5) is 5.13 Å². The zero-order chi connectivity index (χ0) is 25.2. The number of thiophene rings is 1. The van der Waals surface area contributed by atoms with Crippen molar-refractivity contribution in [3.05, 3.63) is 34.7 Å². The van der Waals surface area contributed by atoms with Gasteiger partial charge < -0.3 is 9.64 Å².